The van der Waals surface area contributed by atoms with Crippen LogP contribution in [0.4, 0.5) is 11.4 Å². The van der Waals surface area contributed by atoms with E-state index in [9.17, 15) is 8.42 Å². The summed E-state index contributed by atoms with van der Waals surface area (Å²) in [4.78, 5) is 17.6. The van der Waals surface area contributed by atoms with Crippen LogP contribution in [0.15, 0.2) is 103 Å². The van der Waals surface area contributed by atoms with E-state index < -0.39 is 10.0 Å². The summed E-state index contributed by atoms with van der Waals surface area (Å²) >= 11 is 0. The predicted octanol–water partition coefficient (Wildman–Crippen LogP) is 5.14. The van der Waals surface area contributed by atoms with E-state index in [0.29, 0.717) is 22.7 Å². The lowest BCUT2D eigenvalue weighted by molar-refractivity contribution is 0.457. The molecule has 6 aromatic rings. The second-order valence-corrected chi connectivity index (χ2v) is 11.2. The van der Waals surface area contributed by atoms with E-state index in [1.54, 1.807) is 55.1 Å². The minimum Gasteiger partial charge on any atom is -0.354 e. The van der Waals surface area contributed by atoms with Crippen molar-refractivity contribution in [3.63, 3.8) is 0 Å². The largest absolute Gasteiger partial charge is 0.354 e. The quantitative estimate of drug-likeness (QED) is 0.302. The van der Waals surface area contributed by atoms with Crippen molar-refractivity contribution in [1.82, 2.24) is 28.8 Å². The normalized spacial score (nSPS) is 11.9. The topological polar surface area (TPSA) is 106 Å². The number of fused-ring (bicyclic) bond motifs is 2. The third-order valence-corrected chi connectivity index (χ3v) is 8.47. The lowest BCUT2D eigenvalue weighted by atomic mass is 10.0. The summed E-state index contributed by atoms with van der Waals surface area (Å²) in [5.74, 6) is 0.418. The second kappa shape index (κ2) is 9.90. The summed E-state index contributed by atoms with van der Waals surface area (Å²) < 4.78 is 30.5. The molecular weight excluding hydrogens is 510 g/mol. The Kier molecular flexibility index (Phi) is 6.26. The van der Waals surface area contributed by atoms with Crippen LogP contribution < -0.4 is 5.32 Å². The highest BCUT2D eigenvalue weighted by Gasteiger charge is 2.25. The number of anilines is 2. The van der Waals surface area contributed by atoms with Gasteiger partial charge in [0.05, 0.1) is 23.3 Å². The standard InChI is InChI=1S/C29H25N7O2S/c1-35-15-10-20-8-9-21(16-26(20)35)23-17-22(18-25-29(23)33-14-13-30-25)34-24-6-3-4-7-27(24)39(37,38)36(2)19-28-31-11-5-12-32-28/h3-18,34H,19H2,1-2H3. The summed E-state index contributed by atoms with van der Waals surface area (Å²) in [5, 5.41) is 4.48. The highest BCUT2D eigenvalue weighted by atomic mass is 32.2. The molecule has 0 aliphatic carbocycles. The average molecular weight is 536 g/mol. The van der Waals surface area contributed by atoms with Gasteiger partial charge in [-0.1, -0.05) is 24.3 Å². The zero-order valence-electron chi connectivity index (χ0n) is 21.4. The van der Waals surface area contributed by atoms with Crippen molar-refractivity contribution in [2.24, 2.45) is 7.05 Å². The van der Waals surface area contributed by atoms with E-state index in [4.69, 9.17) is 0 Å². The van der Waals surface area contributed by atoms with Crippen molar-refractivity contribution in [3.8, 4) is 11.1 Å². The Balaban J connectivity index is 1.40. The second-order valence-electron chi connectivity index (χ2n) is 9.20. The highest BCUT2D eigenvalue weighted by Crippen LogP contribution is 2.34. The molecular formula is C29H25N7O2S. The SMILES string of the molecule is CN(Cc1ncccn1)S(=O)(=O)c1ccccc1Nc1cc(-c2ccc3ccn(C)c3c2)c2nccnc2c1. The van der Waals surface area contributed by atoms with Crippen LogP contribution in [0.2, 0.25) is 0 Å². The van der Waals surface area contributed by atoms with Crippen LogP contribution >= 0.6 is 0 Å². The van der Waals surface area contributed by atoms with Gasteiger partial charge in [0, 0.05) is 61.8 Å². The molecule has 3 aromatic carbocycles. The van der Waals surface area contributed by atoms with Gasteiger partial charge in [-0.2, -0.15) is 4.31 Å². The van der Waals surface area contributed by atoms with Crippen LogP contribution in [0.1, 0.15) is 5.82 Å². The third-order valence-electron chi connectivity index (χ3n) is 6.61. The zero-order chi connectivity index (χ0) is 27.0. The minimum absolute atomic E-state index is 0.0504. The van der Waals surface area contributed by atoms with Gasteiger partial charge in [0.15, 0.2) is 0 Å². The van der Waals surface area contributed by atoms with Crippen LogP contribution in [0.25, 0.3) is 33.1 Å². The van der Waals surface area contributed by atoms with Crippen molar-refractivity contribution < 1.29 is 8.42 Å². The molecule has 10 heteroatoms. The third kappa shape index (κ3) is 4.71. The van der Waals surface area contributed by atoms with E-state index in [-0.39, 0.29) is 11.4 Å². The van der Waals surface area contributed by atoms with Gasteiger partial charge in [0.25, 0.3) is 0 Å². The molecule has 6 rings (SSSR count). The maximum absolute atomic E-state index is 13.6. The maximum atomic E-state index is 13.6. The fraction of sp³-hybridized carbons (Fsp3) is 0.103. The molecule has 0 amide bonds. The van der Waals surface area contributed by atoms with Crippen molar-refractivity contribution in [2.45, 2.75) is 11.4 Å². The predicted molar refractivity (Wildman–Crippen MR) is 152 cm³/mol. The molecule has 0 radical (unpaired) electrons. The first kappa shape index (κ1) is 24.7. The molecule has 3 aromatic heterocycles. The van der Waals surface area contributed by atoms with E-state index in [1.165, 1.54) is 11.4 Å². The van der Waals surface area contributed by atoms with Gasteiger partial charge in [-0.05, 0) is 53.4 Å². The Bertz CT molecular complexity index is 1920. The first-order valence-electron chi connectivity index (χ1n) is 12.3. The lowest BCUT2D eigenvalue weighted by Gasteiger charge is -2.19. The molecule has 0 atom stereocenters. The van der Waals surface area contributed by atoms with Crippen molar-refractivity contribution >= 4 is 43.3 Å². The monoisotopic (exact) mass is 535 g/mol. The van der Waals surface area contributed by atoms with Crippen LogP contribution in [0.5, 0.6) is 0 Å². The molecule has 0 aliphatic heterocycles. The number of hydrogen-bond acceptors (Lipinski definition) is 7. The first-order chi connectivity index (χ1) is 18.9. The Hall–Kier alpha value is -4.67. The van der Waals surface area contributed by atoms with Gasteiger partial charge in [-0.25, -0.2) is 18.4 Å². The number of nitrogens with zero attached hydrogens (tertiary/aromatic N) is 6. The zero-order valence-corrected chi connectivity index (χ0v) is 22.2. The minimum atomic E-state index is -3.86. The fourth-order valence-electron chi connectivity index (χ4n) is 4.61. The molecule has 194 valence electrons. The molecule has 0 bridgehead atoms. The maximum Gasteiger partial charge on any atom is 0.245 e. The smallest absolute Gasteiger partial charge is 0.245 e. The van der Waals surface area contributed by atoms with E-state index in [1.807, 2.05) is 25.4 Å². The Morgan fingerprint density at radius 3 is 2.51 bits per heavy atom. The first-order valence-corrected chi connectivity index (χ1v) is 13.7. The number of aromatic nitrogens is 5. The van der Waals surface area contributed by atoms with Crippen molar-refractivity contribution in [2.75, 3.05) is 12.4 Å². The lowest BCUT2D eigenvalue weighted by Crippen LogP contribution is -2.28. The summed E-state index contributed by atoms with van der Waals surface area (Å²) in [6, 6.07) is 20.7. The summed E-state index contributed by atoms with van der Waals surface area (Å²) in [6.45, 7) is 0.0504. The summed E-state index contributed by atoms with van der Waals surface area (Å²) in [6.07, 6.45) is 8.54. The molecule has 1 N–H and O–H groups in total. The van der Waals surface area contributed by atoms with Gasteiger partial charge in [-0.3, -0.25) is 9.97 Å². The van der Waals surface area contributed by atoms with Crippen molar-refractivity contribution in [1.29, 1.82) is 0 Å². The van der Waals surface area contributed by atoms with E-state index in [2.05, 4.69) is 54.1 Å². The number of para-hydroxylation sites is 1. The summed E-state index contributed by atoms with van der Waals surface area (Å²) in [5.41, 5.74) is 5.59. The molecule has 0 fully saturated rings. The molecule has 9 nitrogen and oxygen atoms in total. The van der Waals surface area contributed by atoms with Crippen molar-refractivity contribution in [3.05, 3.63) is 104 Å². The Morgan fingerprint density at radius 1 is 0.872 bits per heavy atom. The molecule has 0 spiro atoms. The van der Waals surface area contributed by atoms with Gasteiger partial charge in [0.1, 0.15) is 10.7 Å². The Morgan fingerprint density at radius 2 is 1.67 bits per heavy atom. The van der Waals surface area contributed by atoms with Gasteiger partial charge in [0.2, 0.25) is 10.0 Å². The van der Waals surface area contributed by atoms with Gasteiger partial charge >= 0.3 is 0 Å². The van der Waals surface area contributed by atoms with E-state index in [0.717, 1.165) is 27.5 Å². The number of benzene rings is 3. The number of hydrogen-bond donors (Lipinski definition) is 1. The van der Waals surface area contributed by atoms with Crippen LogP contribution in [0, 0.1) is 0 Å². The van der Waals surface area contributed by atoms with Gasteiger partial charge in [-0.15, -0.1) is 0 Å². The van der Waals surface area contributed by atoms with Gasteiger partial charge < -0.3 is 9.88 Å². The Labute approximate surface area is 225 Å². The van der Waals surface area contributed by atoms with Crippen LogP contribution in [-0.2, 0) is 23.6 Å². The number of sulfonamides is 1. The van der Waals surface area contributed by atoms with Crippen LogP contribution in [0.3, 0.4) is 0 Å². The fourth-order valence-corrected chi connectivity index (χ4v) is 5.88. The molecule has 0 saturated carbocycles. The van der Waals surface area contributed by atoms with E-state index >= 15 is 0 Å². The summed E-state index contributed by atoms with van der Waals surface area (Å²) in [7, 11) is -0.321. The average Bonchev–Trinajstić information content (AvgIpc) is 3.33. The molecule has 3 heterocycles. The molecule has 0 aliphatic rings. The number of nitrogens with one attached hydrogen (secondary N) is 1. The van der Waals surface area contributed by atoms with Crippen LogP contribution in [-0.4, -0.2) is 44.3 Å². The molecule has 0 saturated heterocycles. The molecule has 0 unspecified atom stereocenters. The number of aryl methyl sites for hydroxylation is 1. The highest BCUT2D eigenvalue weighted by molar-refractivity contribution is 7.89. The molecule has 39 heavy (non-hydrogen) atoms. The number of rotatable bonds is 7.